The number of hydrogen-bond donors (Lipinski definition) is 1. The number of rotatable bonds is 8. The molecule has 0 aliphatic rings. The van der Waals surface area contributed by atoms with E-state index in [1.165, 1.54) is 7.11 Å². The van der Waals surface area contributed by atoms with Crippen molar-refractivity contribution in [1.82, 2.24) is 9.55 Å². The van der Waals surface area contributed by atoms with Gasteiger partial charge in [0.25, 0.3) is 0 Å². The molecule has 0 aliphatic carbocycles. The molecule has 2 N–H and O–H groups in total. The molecule has 0 aliphatic heterocycles. The number of esters is 1. The van der Waals surface area contributed by atoms with Crippen molar-refractivity contribution in [3.05, 3.63) is 18.2 Å². The van der Waals surface area contributed by atoms with Gasteiger partial charge in [-0.25, -0.2) is 4.98 Å². The van der Waals surface area contributed by atoms with Gasteiger partial charge in [0, 0.05) is 25.4 Å². The standard InChI is InChI=1S/C14H25N3O2/c1-4-7-12-16-9-11-17(12)10-6-5-8-14(2,15)13(18)19-3/h9,11H,4-8,10,15H2,1-3H3. The highest BCUT2D eigenvalue weighted by atomic mass is 16.5. The Morgan fingerprint density at radius 3 is 2.89 bits per heavy atom. The van der Waals surface area contributed by atoms with E-state index in [1.807, 2.05) is 12.4 Å². The molecule has 0 saturated heterocycles. The maximum atomic E-state index is 11.4. The zero-order valence-corrected chi connectivity index (χ0v) is 12.2. The zero-order chi connectivity index (χ0) is 14.3. The number of nitrogens with two attached hydrogens (primary N) is 1. The third kappa shape index (κ3) is 4.67. The highest BCUT2D eigenvalue weighted by Crippen LogP contribution is 2.13. The van der Waals surface area contributed by atoms with Crippen LogP contribution < -0.4 is 5.73 Å². The Labute approximate surface area is 115 Å². The lowest BCUT2D eigenvalue weighted by atomic mass is 9.96. The second kappa shape index (κ2) is 7.28. The van der Waals surface area contributed by atoms with Gasteiger partial charge in [0.15, 0.2) is 0 Å². The second-order valence-electron chi connectivity index (χ2n) is 5.15. The Bertz CT molecular complexity index is 399. The molecule has 0 amide bonds. The van der Waals surface area contributed by atoms with E-state index >= 15 is 0 Å². The van der Waals surface area contributed by atoms with Gasteiger partial charge in [0.2, 0.25) is 0 Å². The summed E-state index contributed by atoms with van der Waals surface area (Å²) in [5, 5.41) is 0. The average Bonchev–Trinajstić information content (AvgIpc) is 2.81. The molecule has 0 aromatic carbocycles. The number of carbonyl (C=O) groups is 1. The summed E-state index contributed by atoms with van der Waals surface area (Å²) in [6.07, 6.45) is 8.46. The summed E-state index contributed by atoms with van der Waals surface area (Å²) < 4.78 is 6.87. The van der Waals surface area contributed by atoms with Crippen LogP contribution in [0.5, 0.6) is 0 Å². The molecule has 1 heterocycles. The lowest BCUT2D eigenvalue weighted by Crippen LogP contribution is -2.45. The van der Waals surface area contributed by atoms with Gasteiger partial charge in [0.1, 0.15) is 11.4 Å². The first kappa shape index (κ1) is 15.7. The maximum Gasteiger partial charge on any atom is 0.325 e. The van der Waals surface area contributed by atoms with E-state index < -0.39 is 5.54 Å². The number of imidazole rings is 1. The van der Waals surface area contributed by atoms with Crippen LogP contribution in [-0.2, 0) is 22.5 Å². The van der Waals surface area contributed by atoms with Crippen LogP contribution in [0.1, 0.15) is 45.4 Å². The van der Waals surface area contributed by atoms with Gasteiger partial charge in [-0.15, -0.1) is 0 Å². The van der Waals surface area contributed by atoms with E-state index in [-0.39, 0.29) is 5.97 Å². The van der Waals surface area contributed by atoms with E-state index in [0.29, 0.717) is 6.42 Å². The lowest BCUT2D eigenvalue weighted by molar-refractivity contribution is -0.146. The SMILES string of the molecule is CCCc1nccn1CCCCC(C)(N)C(=O)OC. The monoisotopic (exact) mass is 267 g/mol. The van der Waals surface area contributed by atoms with E-state index in [2.05, 4.69) is 21.2 Å². The van der Waals surface area contributed by atoms with Crippen LogP contribution >= 0.6 is 0 Å². The number of hydrogen-bond acceptors (Lipinski definition) is 4. The largest absolute Gasteiger partial charge is 0.468 e. The number of aromatic nitrogens is 2. The molecule has 108 valence electrons. The number of unbranched alkanes of at least 4 members (excludes halogenated alkanes) is 1. The van der Waals surface area contributed by atoms with Crippen molar-refractivity contribution in [2.45, 2.75) is 58.0 Å². The molecule has 1 atom stereocenters. The molecule has 5 nitrogen and oxygen atoms in total. The third-order valence-electron chi connectivity index (χ3n) is 3.27. The summed E-state index contributed by atoms with van der Waals surface area (Å²) >= 11 is 0. The Morgan fingerprint density at radius 2 is 2.26 bits per heavy atom. The molecule has 1 aromatic heterocycles. The van der Waals surface area contributed by atoms with Crippen molar-refractivity contribution in [1.29, 1.82) is 0 Å². The number of nitrogens with zero attached hydrogens (tertiary/aromatic N) is 2. The first-order chi connectivity index (χ1) is 9.01. The van der Waals surface area contributed by atoms with Crippen LogP contribution in [0.25, 0.3) is 0 Å². The second-order valence-corrected chi connectivity index (χ2v) is 5.15. The van der Waals surface area contributed by atoms with Crippen molar-refractivity contribution < 1.29 is 9.53 Å². The van der Waals surface area contributed by atoms with Gasteiger partial charge in [-0.3, -0.25) is 4.79 Å². The summed E-state index contributed by atoms with van der Waals surface area (Å²) in [6, 6.07) is 0. The summed E-state index contributed by atoms with van der Waals surface area (Å²) in [5.41, 5.74) is 5.04. The minimum absolute atomic E-state index is 0.346. The average molecular weight is 267 g/mol. The highest BCUT2D eigenvalue weighted by molar-refractivity contribution is 5.79. The van der Waals surface area contributed by atoms with Gasteiger partial charge in [-0.1, -0.05) is 6.92 Å². The van der Waals surface area contributed by atoms with E-state index in [0.717, 1.165) is 38.1 Å². The minimum Gasteiger partial charge on any atom is -0.468 e. The van der Waals surface area contributed by atoms with Gasteiger partial charge in [0.05, 0.1) is 7.11 Å². The fourth-order valence-corrected chi connectivity index (χ4v) is 2.10. The smallest absolute Gasteiger partial charge is 0.325 e. The summed E-state index contributed by atoms with van der Waals surface area (Å²) in [6.45, 7) is 4.79. The number of methoxy groups -OCH3 is 1. The van der Waals surface area contributed by atoms with Crippen LogP contribution in [0, 0.1) is 0 Å². The number of carbonyl (C=O) groups excluding carboxylic acids is 1. The van der Waals surface area contributed by atoms with Crippen molar-refractivity contribution >= 4 is 5.97 Å². The van der Waals surface area contributed by atoms with E-state index in [1.54, 1.807) is 6.92 Å². The molecule has 1 aromatic rings. The van der Waals surface area contributed by atoms with Gasteiger partial charge >= 0.3 is 5.97 Å². The van der Waals surface area contributed by atoms with Crippen LogP contribution in [0.4, 0.5) is 0 Å². The van der Waals surface area contributed by atoms with Gasteiger partial charge < -0.3 is 15.0 Å². The summed E-state index contributed by atoms with van der Waals surface area (Å²) in [4.78, 5) is 15.8. The van der Waals surface area contributed by atoms with Crippen molar-refractivity contribution in [2.24, 2.45) is 5.73 Å². The molecule has 19 heavy (non-hydrogen) atoms. The molecule has 0 saturated carbocycles. The zero-order valence-electron chi connectivity index (χ0n) is 12.2. The Kier molecular flexibility index (Phi) is 6.02. The predicted octanol–water partition coefficient (Wildman–Crippen LogP) is 1.90. The summed E-state index contributed by atoms with van der Waals surface area (Å²) in [5.74, 6) is 0.785. The molecule has 0 bridgehead atoms. The van der Waals surface area contributed by atoms with Gasteiger partial charge in [-0.05, 0) is 32.6 Å². The molecular formula is C14H25N3O2. The van der Waals surface area contributed by atoms with Crippen molar-refractivity contribution in [3.8, 4) is 0 Å². The van der Waals surface area contributed by atoms with E-state index in [4.69, 9.17) is 5.73 Å². The van der Waals surface area contributed by atoms with E-state index in [9.17, 15) is 4.79 Å². The first-order valence-electron chi connectivity index (χ1n) is 6.88. The van der Waals surface area contributed by atoms with Crippen LogP contribution in [0.15, 0.2) is 12.4 Å². The quantitative estimate of drug-likeness (QED) is 0.577. The molecule has 0 spiro atoms. The Balaban J connectivity index is 2.34. The topological polar surface area (TPSA) is 70.1 Å². The highest BCUT2D eigenvalue weighted by Gasteiger charge is 2.28. The van der Waals surface area contributed by atoms with Gasteiger partial charge in [-0.2, -0.15) is 0 Å². The van der Waals surface area contributed by atoms with Crippen LogP contribution in [-0.4, -0.2) is 28.2 Å². The Morgan fingerprint density at radius 1 is 1.53 bits per heavy atom. The fraction of sp³-hybridized carbons (Fsp3) is 0.714. The minimum atomic E-state index is -0.879. The molecule has 1 unspecified atom stereocenters. The van der Waals surface area contributed by atoms with Crippen LogP contribution in [0.3, 0.4) is 0 Å². The normalized spacial score (nSPS) is 14.1. The fourth-order valence-electron chi connectivity index (χ4n) is 2.10. The lowest BCUT2D eigenvalue weighted by Gasteiger charge is -2.21. The third-order valence-corrected chi connectivity index (χ3v) is 3.27. The predicted molar refractivity (Wildman–Crippen MR) is 74.7 cm³/mol. The molecular weight excluding hydrogens is 242 g/mol. The van der Waals surface area contributed by atoms with Crippen molar-refractivity contribution in [3.63, 3.8) is 0 Å². The Hall–Kier alpha value is -1.36. The number of ether oxygens (including phenoxy) is 1. The molecule has 1 rings (SSSR count). The van der Waals surface area contributed by atoms with Crippen molar-refractivity contribution in [2.75, 3.05) is 7.11 Å². The maximum absolute atomic E-state index is 11.4. The number of aryl methyl sites for hydroxylation is 2. The molecule has 5 heteroatoms. The summed E-state index contributed by atoms with van der Waals surface area (Å²) in [7, 11) is 1.37. The molecule has 0 radical (unpaired) electrons. The first-order valence-corrected chi connectivity index (χ1v) is 6.88. The molecule has 0 fully saturated rings. The van der Waals surface area contributed by atoms with Crippen LogP contribution in [0.2, 0.25) is 0 Å².